The third-order valence-corrected chi connectivity index (χ3v) is 9.12. The highest BCUT2D eigenvalue weighted by atomic mass is 15.1. The maximum atomic E-state index is 7.70. The summed E-state index contributed by atoms with van der Waals surface area (Å²) in [6.45, 7) is 0. The van der Waals surface area contributed by atoms with Gasteiger partial charge in [-0.25, -0.2) is 0 Å². The number of hydrogen-bond donors (Lipinski definition) is 1. The predicted octanol–water partition coefficient (Wildman–Crippen LogP) is 13.0. The minimum absolute atomic E-state index is 0.876. The van der Waals surface area contributed by atoms with E-state index in [-0.39, 0.29) is 0 Å². The molecular weight excluding hydrogens is 593 g/mol. The summed E-state index contributed by atoms with van der Waals surface area (Å²) < 4.78 is 0. The lowest BCUT2D eigenvalue weighted by Crippen LogP contribution is -2.10. The average molecular weight is 627 g/mol. The van der Waals surface area contributed by atoms with Crippen molar-refractivity contribution >= 4 is 79.9 Å². The lowest BCUT2D eigenvalue weighted by atomic mass is 9.99. The first-order valence-electron chi connectivity index (χ1n) is 16.6. The van der Waals surface area contributed by atoms with Crippen molar-refractivity contribution in [1.82, 2.24) is 0 Å². The molecule has 0 radical (unpaired) electrons. The standard InChI is InChI=1S/C47H34N2/c48-33-37-18-26-43(27-19-37)49(42-24-16-35(17-25-42)15-21-39-11-6-10-38-9-4-5-12-45(38)39)44-28-30-47-41(32-44)23-22-40-31-36(20-29-46(40)47)14-13-34-7-2-1-3-8-34/h1-33,48H/b14-13+,21-15+,48-33?. The predicted molar refractivity (Wildman–Crippen MR) is 212 cm³/mol. The molecule has 2 nitrogen and oxygen atoms in total. The molecule has 0 aliphatic carbocycles. The number of nitrogens with one attached hydrogen (secondary N) is 1. The molecule has 0 fully saturated rings. The van der Waals surface area contributed by atoms with Gasteiger partial charge in [0.2, 0.25) is 0 Å². The van der Waals surface area contributed by atoms with E-state index in [9.17, 15) is 0 Å². The topological polar surface area (TPSA) is 27.1 Å². The number of fused-ring (bicyclic) bond motifs is 4. The summed E-state index contributed by atoms with van der Waals surface area (Å²) in [5, 5.41) is 15.1. The molecule has 8 aromatic carbocycles. The van der Waals surface area contributed by atoms with Gasteiger partial charge in [0, 0.05) is 23.3 Å². The molecule has 0 saturated heterocycles. The molecule has 8 aromatic rings. The molecule has 8 rings (SSSR count). The third-order valence-electron chi connectivity index (χ3n) is 9.12. The van der Waals surface area contributed by atoms with Crippen LogP contribution in [0.3, 0.4) is 0 Å². The van der Waals surface area contributed by atoms with Gasteiger partial charge in [0.25, 0.3) is 0 Å². The van der Waals surface area contributed by atoms with Crippen molar-refractivity contribution in [3.05, 3.63) is 198 Å². The zero-order chi connectivity index (χ0) is 33.0. The Hall–Kier alpha value is -6.51. The van der Waals surface area contributed by atoms with Crippen molar-refractivity contribution < 1.29 is 0 Å². The molecule has 49 heavy (non-hydrogen) atoms. The maximum absolute atomic E-state index is 7.70. The molecule has 0 aliphatic heterocycles. The Kier molecular flexibility index (Phi) is 8.11. The van der Waals surface area contributed by atoms with Crippen LogP contribution in [0, 0.1) is 5.41 Å². The third kappa shape index (κ3) is 6.28. The SMILES string of the molecule is N=Cc1ccc(N(c2ccc(/C=C/c3cccc4ccccc34)cc2)c2ccc3c(ccc4cc(/C=C/c5ccccc5)ccc43)c2)cc1. The summed E-state index contributed by atoms with van der Waals surface area (Å²) in [5.74, 6) is 0. The zero-order valence-electron chi connectivity index (χ0n) is 27.0. The second-order valence-corrected chi connectivity index (χ2v) is 12.3. The molecule has 232 valence electrons. The lowest BCUT2D eigenvalue weighted by Gasteiger charge is -2.26. The Labute approximate surface area is 287 Å². The van der Waals surface area contributed by atoms with E-state index >= 15 is 0 Å². The van der Waals surface area contributed by atoms with Gasteiger partial charge in [0.15, 0.2) is 0 Å². The van der Waals surface area contributed by atoms with Crippen LogP contribution in [0.15, 0.2) is 170 Å². The zero-order valence-corrected chi connectivity index (χ0v) is 27.0. The first-order valence-corrected chi connectivity index (χ1v) is 16.6. The molecule has 0 spiro atoms. The molecule has 0 amide bonds. The average Bonchev–Trinajstić information content (AvgIpc) is 3.17. The van der Waals surface area contributed by atoms with E-state index in [0.717, 1.165) is 28.2 Å². The highest BCUT2D eigenvalue weighted by Crippen LogP contribution is 2.38. The Morgan fingerprint density at radius 2 is 0.898 bits per heavy atom. The number of hydrogen-bond acceptors (Lipinski definition) is 2. The molecule has 0 bridgehead atoms. The fourth-order valence-corrected chi connectivity index (χ4v) is 6.56. The molecule has 0 aliphatic rings. The summed E-state index contributed by atoms with van der Waals surface area (Å²) in [6.07, 6.45) is 10.1. The molecule has 0 saturated carbocycles. The van der Waals surface area contributed by atoms with Gasteiger partial charge < -0.3 is 10.3 Å². The minimum Gasteiger partial charge on any atom is -0.310 e. The van der Waals surface area contributed by atoms with E-state index in [4.69, 9.17) is 5.41 Å². The fraction of sp³-hybridized carbons (Fsp3) is 0. The van der Waals surface area contributed by atoms with E-state index in [1.165, 1.54) is 55.2 Å². The summed E-state index contributed by atoms with van der Waals surface area (Å²) in [7, 11) is 0. The van der Waals surface area contributed by atoms with Crippen LogP contribution >= 0.6 is 0 Å². The molecule has 2 heteroatoms. The molecule has 0 aromatic heterocycles. The van der Waals surface area contributed by atoms with E-state index < -0.39 is 0 Å². The first-order chi connectivity index (χ1) is 24.2. The van der Waals surface area contributed by atoms with Crippen LogP contribution in [0.5, 0.6) is 0 Å². The van der Waals surface area contributed by atoms with Gasteiger partial charge in [0.05, 0.1) is 0 Å². The molecule has 1 N–H and O–H groups in total. The van der Waals surface area contributed by atoms with Crippen molar-refractivity contribution in [3.63, 3.8) is 0 Å². The number of anilines is 3. The Balaban J connectivity index is 1.13. The minimum atomic E-state index is 0.876. The molecule has 0 atom stereocenters. The largest absolute Gasteiger partial charge is 0.310 e. The van der Waals surface area contributed by atoms with Gasteiger partial charge in [0.1, 0.15) is 0 Å². The highest BCUT2D eigenvalue weighted by molar-refractivity contribution is 6.09. The van der Waals surface area contributed by atoms with Crippen LogP contribution in [0.2, 0.25) is 0 Å². The van der Waals surface area contributed by atoms with Crippen LogP contribution in [-0.4, -0.2) is 6.21 Å². The van der Waals surface area contributed by atoms with Gasteiger partial charge >= 0.3 is 0 Å². The molecule has 0 heterocycles. The highest BCUT2D eigenvalue weighted by Gasteiger charge is 2.14. The summed E-state index contributed by atoms with van der Waals surface area (Å²) in [4.78, 5) is 2.28. The quantitative estimate of drug-likeness (QED) is 0.101. The van der Waals surface area contributed by atoms with Crippen molar-refractivity contribution in [1.29, 1.82) is 5.41 Å². The van der Waals surface area contributed by atoms with Gasteiger partial charge in [-0.3, -0.25) is 0 Å². The van der Waals surface area contributed by atoms with Gasteiger partial charge in [-0.05, 0) is 103 Å². The molecular formula is C47H34N2. The van der Waals surface area contributed by atoms with Crippen LogP contribution in [0.25, 0.3) is 56.6 Å². The summed E-state index contributed by atoms with van der Waals surface area (Å²) in [6, 6.07) is 60.1. The van der Waals surface area contributed by atoms with Crippen molar-refractivity contribution in [3.8, 4) is 0 Å². The Morgan fingerprint density at radius 3 is 1.65 bits per heavy atom. The smallest absolute Gasteiger partial charge is 0.0468 e. The van der Waals surface area contributed by atoms with E-state index in [1.54, 1.807) is 0 Å². The van der Waals surface area contributed by atoms with Crippen LogP contribution < -0.4 is 4.90 Å². The monoisotopic (exact) mass is 626 g/mol. The van der Waals surface area contributed by atoms with E-state index in [0.29, 0.717) is 0 Å². The second kappa shape index (κ2) is 13.3. The molecule has 0 unspecified atom stereocenters. The van der Waals surface area contributed by atoms with Gasteiger partial charge in [-0.1, -0.05) is 152 Å². The van der Waals surface area contributed by atoms with Gasteiger partial charge in [-0.2, -0.15) is 0 Å². The number of nitrogens with zero attached hydrogens (tertiary/aromatic N) is 1. The van der Waals surface area contributed by atoms with E-state index in [1.807, 2.05) is 18.2 Å². The normalized spacial score (nSPS) is 11.6. The first kappa shape index (κ1) is 29.9. The van der Waals surface area contributed by atoms with E-state index in [2.05, 4.69) is 181 Å². The van der Waals surface area contributed by atoms with Crippen LogP contribution in [0.4, 0.5) is 17.1 Å². The Bertz CT molecular complexity index is 2480. The Morgan fingerprint density at radius 1 is 0.347 bits per heavy atom. The maximum Gasteiger partial charge on any atom is 0.0468 e. The second-order valence-electron chi connectivity index (χ2n) is 12.3. The van der Waals surface area contributed by atoms with Crippen molar-refractivity contribution in [2.75, 3.05) is 4.90 Å². The van der Waals surface area contributed by atoms with Crippen LogP contribution in [-0.2, 0) is 0 Å². The van der Waals surface area contributed by atoms with Gasteiger partial charge in [-0.15, -0.1) is 0 Å². The fourth-order valence-electron chi connectivity index (χ4n) is 6.56. The van der Waals surface area contributed by atoms with Crippen molar-refractivity contribution in [2.45, 2.75) is 0 Å². The summed E-state index contributed by atoms with van der Waals surface area (Å²) >= 11 is 0. The number of rotatable bonds is 8. The van der Waals surface area contributed by atoms with Crippen LogP contribution in [0.1, 0.15) is 27.8 Å². The van der Waals surface area contributed by atoms with Crippen molar-refractivity contribution in [2.24, 2.45) is 0 Å². The summed E-state index contributed by atoms with van der Waals surface area (Å²) in [5.41, 5.74) is 8.79. The lowest BCUT2D eigenvalue weighted by molar-refractivity contribution is 1.29. The number of benzene rings is 8.